The predicted octanol–water partition coefficient (Wildman–Crippen LogP) is 3.52. The molecule has 0 unspecified atom stereocenters. The second-order valence-corrected chi connectivity index (χ2v) is 19.8. The monoisotopic (exact) mass is 473 g/mol. The summed E-state index contributed by atoms with van der Waals surface area (Å²) < 4.78 is 0. The topological polar surface area (TPSA) is 3.24 Å². The fraction of sp³-hybridized carbons (Fsp3) is 0.200. The Kier molecular flexibility index (Phi) is 4.68. The number of fused-ring (bicyclic) bond motifs is 4. The first-order valence-corrected chi connectivity index (χ1v) is 18.4. The maximum Gasteiger partial charge on any atom is 0.327 e. The van der Waals surface area contributed by atoms with Gasteiger partial charge in [-0.15, -0.1) is 0 Å². The number of benzene rings is 4. The standard InChI is InChI=1S/C30H32BNSi2/c1-21-13-11-19-27-29(21)32(30-22(2)14-12-20-28(30)34(27,5)6)31-23-15-7-9-17-25(23)33(3,4)26-18-10-8-16-24(26)31/h7-20H,1-6H3. The largest absolute Gasteiger partial charge is 0.377 e. The van der Waals surface area contributed by atoms with Crippen molar-refractivity contribution in [2.75, 3.05) is 4.81 Å². The molecule has 0 bridgehead atoms. The van der Waals surface area contributed by atoms with Gasteiger partial charge in [-0.05, 0) is 35.3 Å². The molecule has 0 fully saturated rings. The summed E-state index contributed by atoms with van der Waals surface area (Å²) in [6.45, 7) is 14.9. The second kappa shape index (κ2) is 7.34. The molecule has 0 spiro atoms. The number of para-hydroxylation sites is 2. The molecule has 6 rings (SSSR count). The maximum absolute atomic E-state index is 2.73. The van der Waals surface area contributed by atoms with Crippen LogP contribution in [-0.4, -0.2) is 23.0 Å². The zero-order chi connectivity index (χ0) is 23.8. The summed E-state index contributed by atoms with van der Waals surface area (Å²) >= 11 is 0. The normalized spacial score (nSPS) is 16.9. The minimum absolute atomic E-state index is 0.178. The van der Waals surface area contributed by atoms with Gasteiger partial charge in [0.05, 0.1) is 0 Å². The van der Waals surface area contributed by atoms with Gasteiger partial charge in [0, 0.05) is 11.4 Å². The van der Waals surface area contributed by atoms with E-state index in [1.54, 1.807) is 20.7 Å². The van der Waals surface area contributed by atoms with E-state index in [0.29, 0.717) is 0 Å². The summed E-state index contributed by atoms with van der Waals surface area (Å²) in [5.41, 5.74) is 8.62. The van der Waals surface area contributed by atoms with Crippen LogP contribution in [0.3, 0.4) is 0 Å². The third kappa shape index (κ3) is 2.79. The van der Waals surface area contributed by atoms with Crippen LogP contribution in [0.1, 0.15) is 11.1 Å². The molecular formula is C30H32BNSi2. The first kappa shape index (κ1) is 21.7. The second-order valence-electron chi connectivity index (χ2n) is 11.1. The first-order valence-electron chi connectivity index (χ1n) is 12.4. The highest BCUT2D eigenvalue weighted by Crippen LogP contribution is 2.37. The lowest BCUT2D eigenvalue weighted by Gasteiger charge is -2.48. The van der Waals surface area contributed by atoms with Crippen LogP contribution in [0.25, 0.3) is 0 Å². The van der Waals surface area contributed by atoms with Crippen molar-refractivity contribution in [1.29, 1.82) is 0 Å². The lowest BCUT2D eigenvalue weighted by Crippen LogP contribution is -2.78. The van der Waals surface area contributed by atoms with Gasteiger partial charge in [0.25, 0.3) is 0 Å². The Morgan fingerprint density at radius 3 is 1.35 bits per heavy atom. The van der Waals surface area contributed by atoms with Gasteiger partial charge in [0.1, 0.15) is 16.1 Å². The van der Waals surface area contributed by atoms with E-state index in [-0.39, 0.29) is 6.85 Å². The highest BCUT2D eigenvalue weighted by molar-refractivity contribution is 7.12. The molecule has 2 aliphatic rings. The van der Waals surface area contributed by atoms with E-state index < -0.39 is 16.1 Å². The van der Waals surface area contributed by atoms with Crippen LogP contribution < -0.4 is 36.5 Å². The van der Waals surface area contributed by atoms with Gasteiger partial charge in [0.15, 0.2) is 0 Å². The summed E-state index contributed by atoms with van der Waals surface area (Å²) in [5, 5.41) is 6.27. The van der Waals surface area contributed by atoms with E-state index in [2.05, 4.69) is 130 Å². The number of hydrogen-bond donors (Lipinski definition) is 0. The van der Waals surface area contributed by atoms with Crippen molar-refractivity contribution in [1.82, 2.24) is 0 Å². The molecule has 2 heterocycles. The SMILES string of the molecule is Cc1cccc2c1N(B1c3ccccc3[Si](C)(C)c3ccccc31)c1c(C)cccc1[Si]2(C)C. The molecule has 0 aliphatic carbocycles. The van der Waals surface area contributed by atoms with Crippen LogP contribution in [0.5, 0.6) is 0 Å². The molecule has 4 aromatic carbocycles. The lowest BCUT2D eigenvalue weighted by atomic mass is 9.48. The quantitative estimate of drug-likeness (QED) is 0.383. The Bertz CT molecular complexity index is 1350. The fourth-order valence-electron chi connectivity index (χ4n) is 6.68. The molecule has 0 saturated heterocycles. The van der Waals surface area contributed by atoms with Crippen molar-refractivity contribution in [2.24, 2.45) is 0 Å². The van der Waals surface area contributed by atoms with Gasteiger partial charge >= 0.3 is 6.85 Å². The molecule has 168 valence electrons. The van der Waals surface area contributed by atoms with Crippen molar-refractivity contribution >= 4 is 66.0 Å². The Morgan fingerprint density at radius 1 is 0.500 bits per heavy atom. The average molecular weight is 474 g/mol. The van der Waals surface area contributed by atoms with E-state index in [4.69, 9.17) is 0 Å². The zero-order valence-electron chi connectivity index (χ0n) is 21.1. The van der Waals surface area contributed by atoms with E-state index in [0.717, 1.165) is 0 Å². The van der Waals surface area contributed by atoms with Crippen LogP contribution in [-0.2, 0) is 0 Å². The Balaban J connectivity index is 1.76. The minimum Gasteiger partial charge on any atom is -0.377 e. The van der Waals surface area contributed by atoms with Crippen molar-refractivity contribution in [2.45, 2.75) is 40.0 Å². The van der Waals surface area contributed by atoms with E-state index in [9.17, 15) is 0 Å². The highest BCUT2D eigenvalue weighted by atomic mass is 28.3. The summed E-state index contributed by atoms with van der Waals surface area (Å²) in [6, 6.07) is 32.5. The Hall–Kier alpha value is -2.82. The highest BCUT2D eigenvalue weighted by Gasteiger charge is 2.48. The molecule has 0 amide bonds. The van der Waals surface area contributed by atoms with Crippen LogP contribution in [0.4, 0.5) is 11.4 Å². The predicted molar refractivity (Wildman–Crippen MR) is 156 cm³/mol. The van der Waals surface area contributed by atoms with Crippen LogP contribution in [0.2, 0.25) is 26.2 Å². The van der Waals surface area contributed by atoms with Crippen molar-refractivity contribution in [3.05, 3.63) is 96.1 Å². The molecule has 4 heteroatoms. The molecule has 0 atom stereocenters. The molecule has 0 N–H and O–H groups in total. The van der Waals surface area contributed by atoms with Crippen molar-refractivity contribution in [3.63, 3.8) is 0 Å². The molecular weight excluding hydrogens is 441 g/mol. The fourth-order valence-corrected chi connectivity index (χ4v) is 13.0. The number of aryl methyl sites for hydroxylation is 2. The average Bonchev–Trinajstić information content (AvgIpc) is 2.82. The Labute approximate surface area is 206 Å². The molecule has 0 saturated carbocycles. The minimum atomic E-state index is -1.84. The third-order valence-corrected chi connectivity index (χ3v) is 15.5. The maximum atomic E-state index is 2.73. The smallest absolute Gasteiger partial charge is 0.327 e. The van der Waals surface area contributed by atoms with Gasteiger partial charge in [-0.2, -0.15) is 0 Å². The summed E-state index contributed by atoms with van der Waals surface area (Å²) in [7, 11) is -3.64. The van der Waals surface area contributed by atoms with Gasteiger partial charge in [0.2, 0.25) is 0 Å². The molecule has 4 aromatic rings. The molecule has 0 aromatic heterocycles. The molecule has 34 heavy (non-hydrogen) atoms. The van der Waals surface area contributed by atoms with Crippen molar-refractivity contribution < 1.29 is 0 Å². The van der Waals surface area contributed by atoms with Gasteiger partial charge in [-0.1, -0.05) is 132 Å². The van der Waals surface area contributed by atoms with Crippen LogP contribution in [0, 0.1) is 13.8 Å². The summed E-state index contributed by atoms with van der Waals surface area (Å²) in [6.07, 6.45) is 0. The number of hydrogen-bond acceptors (Lipinski definition) is 1. The van der Waals surface area contributed by atoms with Crippen LogP contribution >= 0.6 is 0 Å². The van der Waals surface area contributed by atoms with Gasteiger partial charge in [-0.3, -0.25) is 0 Å². The number of nitrogens with zero attached hydrogens (tertiary/aromatic N) is 1. The molecule has 2 aliphatic heterocycles. The lowest BCUT2D eigenvalue weighted by molar-refractivity contribution is 1.29. The molecule has 1 nitrogen and oxygen atoms in total. The van der Waals surface area contributed by atoms with E-state index >= 15 is 0 Å². The van der Waals surface area contributed by atoms with E-state index in [1.807, 2.05) is 0 Å². The Morgan fingerprint density at radius 2 is 0.882 bits per heavy atom. The third-order valence-electron chi connectivity index (χ3n) is 8.42. The van der Waals surface area contributed by atoms with Crippen molar-refractivity contribution in [3.8, 4) is 0 Å². The zero-order valence-corrected chi connectivity index (χ0v) is 23.1. The number of anilines is 2. The summed E-state index contributed by atoms with van der Waals surface area (Å²) in [4.78, 5) is 2.73. The van der Waals surface area contributed by atoms with Gasteiger partial charge in [-0.25, -0.2) is 0 Å². The number of rotatable bonds is 1. The van der Waals surface area contributed by atoms with Crippen LogP contribution in [0.15, 0.2) is 84.9 Å². The first-order chi connectivity index (χ1) is 16.2. The van der Waals surface area contributed by atoms with Gasteiger partial charge < -0.3 is 4.81 Å². The summed E-state index contributed by atoms with van der Waals surface area (Å²) in [5.74, 6) is 0. The molecule has 0 radical (unpaired) electrons. The van der Waals surface area contributed by atoms with E-state index in [1.165, 1.54) is 33.4 Å².